The molecule has 228 valence electrons. The number of aliphatic hydroxyl groups is 4. The maximum Gasteiger partial charge on any atom is 0.331 e. The molecule has 41 heavy (non-hydrogen) atoms. The van der Waals surface area contributed by atoms with E-state index in [4.69, 9.17) is 23.7 Å². The molecular formula is C30H42O11. The van der Waals surface area contributed by atoms with E-state index in [-0.39, 0.29) is 31.5 Å². The van der Waals surface area contributed by atoms with Crippen molar-refractivity contribution in [3.63, 3.8) is 0 Å². The summed E-state index contributed by atoms with van der Waals surface area (Å²) in [6, 6.07) is 0. The predicted octanol–water partition coefficient (Wildman–Crippen LogP) is 0.741. The molecule has 0 aromatic heterocycles. The van der Waals surface area contributed by atoms with Gasteiger partial charge in [-0.1, -0.05) is 13.8 Å². The number of ketones is 1. The van der Waals surface area contributed by atoms with Crippen LogP contribution < -0.4 is 0 Å². The van der Waals surface area contributed by atoms with Gasteiger partial charge >= 0.3 is 5.97 Å². The molecule has 3 aliphatic heterocycles. The second kappa shape index (κ2) is 8.81. The molecule has 4 N–H and O–H groups in total. The Morgan fingerprint density at radius 1 is 1.02 bits per heavy atom. The van der Waals surface area contributed by atoms with Crippen molar-refractivity contribution in [2.45, 2.75) is 120 Å². The first-order valence-electron chi connectivity index (χ1n) is 15.0. The maximum atomic E-state index is 14.3. The number of cyclic esters (lactones) is 1. The van der Waals surface area contributed by atoms with Gasteiger partial charge in [0.25, 0.3) is 0 Å². The molecule has 0 aromatic carbocycles. The molecule has 0 unspecified atom stereocenters. The number of rotatable bonds is 2. The van der Waals surface area contributed by atoms with E-state index in [0.29, 0.717) is 37.7 Å². The molecule has 11 nitrogen and oxygen atoms in total. The van der Waals surface area contributed by atoms with Crippen LogP contribution in [0.1, 0.15) is 65.7 Å². The first kappa shape index (κ1) is 28.3. The lowest BCUT2D eigenvalue weighted by Crippen LogP contribution is -2.76. The molecule has 0 spiro atoms. The summed E-state index contributed by atoms with van der Waals surface area (Å²) in [5.74, 6) is -4.46. The second-order valence-electron chi connectivity index (χ2n) is 14.2. The highest BCUT2D eigenvalue weighted by molar-refractivity contribution is 5.90. The lowest BCUT2D eigenvalue weighted by Gasteiger charge is -2.67. The van der Waals surface area contributed by atoms with Crippen molar-refractivity contribution in [3.8, 4) is 0 Å². The third-order valence-electron chi connectivity index (χ3n) is 12.6. The van der Waals surface area contributed by atoms with Gasteiger partial charge in [-0.2, -0.15) is 0 Å². The van der Waals surface area contributed by atoms with Gasteiger partial charge in [0, 0.05) is 42.8 Å². The molecule has 2 saturated heterocycles. The number of carbonyl (C=O) groups excluding carboxylic acids is 2. The van der Waals surface area contributed by atoms with Crippen LogP contribution in [0.4, 0.5) is 0 Å². The zero-order valence-electron chi connectivity index (χ0n) is 24.1. The van der Waals surface area contributed by atoms with Gasteiger partial charge in [-0.25, -0.2) is 4.79 Å². The topological polar surface area (TPSA) is 161 Å². The molecule has 7 aliphatic rings. The highest BCUT2D eigenvalue weighted by Gasteiger charge is 2.77. The van der Waals surface area contributed by atoms with Crippen molar-refractivity contribution in [1.29, 1.82) is 0 Å². The summed E-state index contributed by atoms with van der Waals surface area (Å²) in [6.07, 6.45) is -1.00. The van der Waals surface area contributed by atoms with Gasteiger partial charge in [-0.3, -0.25) is 4.79 Å². The van der Waals surface area contributed by atoms with E-state index in [1.165, 1.54) is 13.2 Å². The van der Waals surface area contributed by atoms with Crippen molar-refractivity contribution in [2.24, 2.45) is 28.6 Å². The Hall–Kier alpha value is -1.44. The molecule has 4 saturated carbocycles. The van der Waals surface area contributed by atoms with Crippen LogP contribution in [0.15, 0.2) is 11.6 Å². The first-order chi connectivity index (χ1) is 19.2. The number of carbonyl (C=O) groups is 2. The maximum absolute atomic E-state index is 14.3. The molecule has 11 heteroatoms. The molecule has 0 amide bonds. The van der Waals surface area contributed by atoms with Crippen LogP contribution in [0.5, 0.6) is 0 Å². The van der Waals surface area contributed by atoms with E-state index in [1.54, 1.807) is 6.92 Å². The Bertz CT molecular complexity index is 1190. The fourth-order valence-electron chi connectivity index (χ4n) is 10.3. The Morgan fingerprint density at radius 2 is 1.78 bits per heavy atom. The molecule has 4 aliphatic carbocycles. The highest BCUT2D eigenvalue weighted by atomic mass is 16.8. The number of fused-ring (bicyclic) bond motifs is 7. The Balaban J connectivity index is 1.24. The lowest BCUT2D eigenvalue weighted by molar-refractivity contribution is -0.463. The van der Waals surface area contributed by atoms with E-state index in [0.717, 1.165) is 0 Å². The van der Waals surface area contributed by atoms with E-state index < -0.39 is 82.1 Å². The van der Waals surface area contributed by atoms with Crippen LogP contribution in [0.2, 0.25) is 0 Å². The van der Waals surface area contributed by atoms with Gasteiger partial charge in [-0.15, -0.1) is 0 Å². The summed E-state index contributed by atoms with van der Waals surface area (Å²) in [4.78, 5) is 26.2. The number of methoxy groups -OCH3 is 1. The van der Waals surface area contributed by atoms with E-state index in [2.05, 4.69) is 0 Å². The fourth-order valence-corrected chi connectivity index (χ4v) is 10.3. The largest absolute Gasteiger partial charge is 0.458 e. The van der Waals surface area contributed by atoms with Gasteiger partial charge in [0.05, 0.1) is 29.5 Å². The van der Waals surface area contributed by atoms with Gasteiger partial charge in [0.2, 0.25) is 12.1 Å². The number of esters is 1. The van der Waals surface area contributed by atoms with Crippen LogP contribution in [-0.4, -0.2) is 99.7 Å². The van der Waals surface area contributed by atoms with Crippen molar-refractivity contribution in [2.75, 3.05) is 13.7 Å². The molecule has 3 heterocycles. The SMILES string of the molecule is CO[C@@H]1C[C@@H](C)O[C@H]2O[C@@H]3C[C@@]4(O)CC[C@H]5[C@H](C(=O)[C@H](O)[C@]6(C)[C@@H](C7=CC(=O)OC7)CC[C@]56O)[C@@]4(C)C[C@H]3O[C@]21O. The minimum absolute atomic E-state index is 0.0942. The van der Waals surface area contributed by atoms with Gasteiger partial charge < -0.3 is 44.1 Å². The van der Waals surface area contributed by atoms with Crippen molar-refractivity contribution >= 4 is 11.8 Å². The summed E-state index contributed by atoms with van der Waals surface area (Å²) >= 11 is 0. The van der Waals surface area contributed by atoms with Crippen LogP contribution in [0.25, 0.3) is 0 Å². The first-order valence-corrected chi connectivity index (χ1v) is 15.0. The minimum Gasteiger partial charge on any atom is -0.458 e. The molecule has 0 bridgehead atoms. The number of hydrogen-bond acceptors (Lipinski definition) is 11. The molecule has 7 rings (SSSR count). The fraction of sp³-hybridized carbons (Fsp3) is 0.867. The minimum atomic E-state index is -1.86. The second-order valence-corrected chi connectivity index (χ2v) is 14.2. The standard InChI is InChI=1S/C30H42O11/c1-14-9-20(37-4)30(36)25(39-14)40-18-12-28(34)7-5-17-22(26(28,2)11-19(18)41-30)23(32)24(33)27(3)16(6-8-29(17,27)35)15-10-21(31)38-13-15/h10,14,16-20,22,24-25,33-36H,5-9,11-13H2,1-4H3/t14-,16-,17+,18-,19-,20-,22-,24+,25+,26-,27+,28+,29+,30+/m1/s1. The summed E-state index contributed by atoms with van der Waals surface area (Å²) < 4.78 is 29.2. The quantitative estimate of drug-likeness (QED) is 0.270. The summed E-state index contributed by atoms with van der Waals surface area (Å²) in [7, 11) is 1.50. The zero-order chi connectivity index (χ0) is 29.3. The summed E-state index contributed by atoms with van der Waals surface area (Å²) in [5.41, 5.74) is -4.31. The molecule has 0 aromatic rings. The van der Waals surface area contributed by atoms with E-state index in [1.807, 2.05) is 13.8 Å². The Labute approximate surface area is 239 Å². The van der Waals surface area contributed by atoms with Crippen LogP contribution in [0, 0.1) is 28.6 Å². The average Bonchev–Trinajstić information content (AvgIpc) is 3.46. The number of ether oxygens (including phenoxy) is 5. The summed E-state index contributed by atoms with van der Waals surface area (Å²) in [6.45, 7) is 5.57. The van der Waals surface area contributed by atoms with Gasteiger partial charge in [0.1, 0.15) is 18.8 Å². The molecule has 14 atom stereocenters. The van der Waals surface area contributed by atoms with Crippen molar-refractivity contribution < 1.29 is 53.7 Å². The molecular weight excluding hydrogens is 536 g/mol. The monoisotopic (exact) mass is 578 g/mol. The third kappa shape index (κ3) is 3.43. The van der Waals surface area contributed by atoms with Gasteiger partial charge in [-0.05, 0) is 56.4 Å². The van der Waals surface area contributed by atoms with Crippen molar-refractivity contribution in [3.05, 3.63) is 11.6 Å². The smallest absolute Gasteiger partial charge is 0.331 e. The average molecular weight is 579 g/mol. The molecule has 0 radical (unpaired) electrons. The Morgan fingerprint density at radius 3 is 2.46 bits per heavy atom. The third-order valence-corrected chi connectivity index (χ3v) is 12.6. The Kier molecular flexibility index (Phi) is 6.09. The van der Waals surface area contributed by atoms with Gasteiger partial charge in [0.15, 0.2) is 5.78 Å². The number of Topliss-reactive ketones (excluding diaryl/α,β-unsaturated/α-hetero) is 1. The number of aliphatic hydroxyl groups excluding tert-OH is 1. The van der Waals surface area contributed by atoms with Crippen molar-refractivity contribution in [1.82, 2.24) is 0 Å². The van der Waals surface area contributed by atoms with Crippen LogP contribution in [-0.2, 0) is 33.3 Å². The van der Waals surface area contributed by atoms with E-state index >= 15 is 0 Å². The van der Waals surface area contributed by atoms with Crippen LogP contribution in [0.3, 0.4) is 0 Å². The normalized spacial score (nSPS) is 58.0. The van der Waals surface area contributed by atoms with E-state index in [9.17, 15) is 30.0 Å². The van der Waals surface area contributed by atoms with Crippen LogP contribution >= 0.6 is 0 Å². The zero-order valence-corrected chi connectivity index (χ0v) is 24.1. The molecule has 6 fully saturated rings. The lowest BCUT2D eigenvalue weighted by atomic mass is 9.40. The summed E-state index contributed by atoms with van der Waals surface area (Å²) in [5, 5.41) is 48.0. The predicted molar refractivity (Wildman–Crippen MR) is 139 cm³/mol. The number of hydrogen-bond donors (Lipinski definition) is 4. The highest BCUT2D eigenvalue weighted by Crippen LogP contribution is 2.70.